The average Bonchev–Trinajstić information content (AvgIpc) is 3.14. The predicted octanol–water partition coefficient (Wildman–Crippen LogP) is 5.02. The van der Waals surface area contributed by atoms with Crippen molar-refractivity contribution in [3.63, 3.8) is 0 Å². The summed E-state index contributed by atoms with van der Waals surface area (Å²) >= 11 is 0. The number of nitrogens with zero attached hydrogens (tertiary/aromatic N) is 3. The van der Waals surface area contributed by atoms with Gasteiger partial charge >= 0.3 is 0 Å². The second kappa shape index (κ2) is 9.78. The molecule has 4 aliphatic rings. The molecule has 0 spiro atoms. The lowest BCUT2D eigenvalue weighted by Gasteiger charge is -2.35. The van der Waals surface area contributed by atoms with Crippen LogP contribution in [-0.4, -0.2) is 48.9 Å². The average molecular weight is 477 g/mol. The van der Waals surface area contributed by atoms with Gasteiger partial charge in [-0.3, -0.25) is 4.79 Å². The number of rotatable bonds is 5. The first-order valence-corrected chi connectivity index (χ1v) is 13.4. The number of fused-ring (bicyclic) bond motifs is 4. The fraction of sp³-hybridized carbons (Fsp3) is 0.571. The Morgan fingerprint density at radius 1 is 1.11 bits per heavy atom. The van der Waals surface area contributed by atoms with Crippen LogP contribution in [0.4, 0.5) is 22.9 Å². The van der Waals surface area contributed by atoms with Gasteiger partial charge in [-0.1, -0.05) is 13.0 Å². The minimum atomic E-state index is 0.0328. The van der Waals surface area contributed by atoms with Crippen LogP contribution < -0.4 is 15.1 Å². The van der Waals surface area contributed by atoms with Gasteiger partial charge in [0.25, 0.3) is 0 Å². The predicted molar refractivity (Wildman–Crippen MR) is 137 cm³/mol. The summed E-state index contributed by atoms with van der Waals surface area (Å²) in [5.41, 5.74) is 4.10. The van der Waals surface area contributed by atoms with E-state index in [-0.39, 0.29) is 11.8 Å². The monoisotopic (exact) mass is 476 g/mol. The zero-order valence-electron chi connectivity index (χ0n) is 20.6. The van der Waals surface area contributed by atoms with Gasteiger partial charge in [0.15, 0.2) is 0 Å². The minimum Gasteiger partial charge on any atom is -0.378 e. The number of hydrogen-bond acceptors (Lipinski definition) is 6. The maximum atomic E-state index is 14.0. The quantitative estimate of drug-likeness (QED) is 0.653. The lowest BCUT2D eigenvalue weighted by molar-refractivity contribution is -0.124. The van der Waals surface area contributed by atoms with Crippen molar-refractivity contribution < 1.29 is 14.3 Å². The highest BCUT2D eigenvalue weighted by atomic mass is 16.5. The number of ether oxygens (including phenoxy) is 2. The second-order valence-corrected chi connectivity index (χ2v) is 10.5. The summed E-state index contributed by atoms with van der Waals surface area (Å²) in [4.78, 5) is 23.0. The van der Waals surface area contributed by atoms with E-state index in [1.807, 2.05) is 11.0 Å². The van der Waals surface area contributed by atoms with E-state index in [4.69, 9.17) is 9.47 Å². The summed E-state index contributed by atoms with van der Waals surface area (Å²) in [5.74, 6) is 1.08. The molecule has 1 N–H and O–H groups in total. The van der Waals surface area contributed by atoms with Crippen molar-refractivity contribution in [3.8, 4) is 0 Å². The molecule has 2 atom stereocenters. The molecule has 7 nitrogen and oxygen atoms in total. The van der Waals surface area contributed by atoms with E-state index in [0.717, 1.165) is 87.4 Å². The van der Waals surface area contributed by atoms with Gasteiger partial charge in [0.1, 0.15) is 5.82 Å². The molecule has 4 heterocycles. The van der Waals surface area contributed by atoms with Crippen LogP contribution in [0.15, 0.2) is 36.5 Å². The summed E-state index contributed by atoms with van der Waals surface area (Å²) in [6.07, 6.45) is 9.77. The third kappa shape index (κ3) is 4.64. The SMILES string of the molecule is CCCOC1CCC(C(=O)N2Cc3cccnc3Nc3ccc(N4CC5CCC(C4)O5)cc32)CC1. The molecule has 6 rings (SSSR count). The second-order valence-electron chi connectivity index (χ2n) is 10.5. The molecule has 1 aromatic heterocycles. The Hall–Kier alpha value is -2.64. The summed E-state index contributed by atoms with van der Waals surface area (Å²) in [5, 5.41) is 3.51. The van der Waals surface area contributed by atoms with Crippen molar-refractivity contribution in [2.45, 2.75) is 76.7 Å². The Bertz CT molecular complexity index is 1060. The maximum absolute atomic E-state index is 14.0. The van der Waals surface area contributed by atoms with E-state index in [1.54, 1.807) is 6.20 Å². The van der Waals surface area contributed by atoms with E-state index in [2.05, 4.69) is 46.4 Å². The van der Waals surface area contributed by atoms with Crippen LogP contribution in [0.3, 0.4) is 0 Å². The largest absolute Gasteiger partial charge is 0.378 e. The van der Waals surface area contributed by atoms with Gasteiger partial charge in [0, 0.05) is 43.1 Å². The Labute approximate surface area is 207 Å². The van der Waals surface area contributed by atoms with Crippen LogP contribution in [0.25, 0.3) is 0 Å². The number of carbonyl (C=O) groups is 1. The molecule has 35 heavy (non-hydrogen) atoms. The number of morpholine rings is 1. The van der Waals surface area contributed by atoms with Crippen LogP contribution in [0, 0.1) is 5.92 Å². The number of benzene rings is 1. The van der Waals surface area contributed by atoms with Crippen LogP contribution in [0.2, 0.25) is 0 Å². The Kier molecular flexibility index (Phi) is 6.37. The first-order chi connectivity index (χ1) is 17.2. The van der Waals surface area contributed by atoms with Crippen LogP contribution in [0.5, 0.6) is 0 Å². The van der Waals surface area contributed by atoms with Gasteiger partial charge in [0.05, 0.1) is 36.2 Å². The molecule has 1 amide bonds. The lowest BCUT2D eigenvalue weighted by Crippen LogP contribution is -2.43. The summed E-state index contributed by atoms with van der Waals surface area (Å²) in [7, 11) is 0. The van der Waals surface area contributed by atoms with Gasteiger partial charge in [-0.15, -0.1) is 0 Å². The number of aromatic nitrogens is 1. The van der Waals surface area contributed by atoms with Gasteiger partial charge in [-0.25, -0.2) is 4.98 Å². The topological polar surface area (TPSA) is 66.9 Å². The van der Waals surface area contributed by atoms with Crippen molar-refractivity contribution in [2.75, 3.05) is 34.8 Å². The standard InChI is InChI=1S/C28H36N4O3/c1-2-14-34-22-8-5-19(6-9-22)28(33)32-16-20-4-3-13-29-27(20)30-25-12-7-21(15-26(25)32)31-17-23-10-11-24(18-31)35-23/h3-4,7,12-13,15,19,22-24H,2,5-6,8-11,14,16-18H2,1H3,(H,29,30). The maximum Gasteiger partial charge on any atom is 0.230 e. The molecule has 3 aliphatic heterocycles. The highest BCUT2D eigenvalue weighted by Crippen LogP contribution is 2.41. The third-order valence-corrected chi connectivity index (χ3v) is 8.00. The zero-order chi connectivity index (χ0) is 23.8. The fourth-order valence-electron chi connectivity index (χ4n) is 6.11. The number of pyridine rings is 1. The highest BCUT2D eigenvalue weighted by Gasteiger charge is 2.36. The van der Waals surface area contributed by atoms with E-state index >= 15 is 0 Å². The third-order valence-electron chi connectivity index (χ3n) is 8.00. The molecule has 2 saturated heterocycles. The van der Waals surface area contributed by atoms with E-state index in [1.165, 1.54) is 5.69 Å². The molecule has 3 fully saturated rings. The fourth-order valence-corrected chi connectivity index (χ4v) is 6.11. The molecular weight excluding hydrogens is 440 g/mol. The van der Waals surface area contributed by atoms with Gasteiger partial charge in [-0.2, -0.15) is 0 Å². The summed E-state index contributed by atoms with van der Waals surface area (Å²) < 4.78 is 12.0. The minimum absolute atomic E-state index is 0.0328. The van der Waals surface area contributed by atoms with Crippen molar-refractivity contribution in [3.05, 3.63) is 42.1 Å². The van der Waals surface area contributed by atoms with E-state index in [9.17, 15) is 4.79 Å². The first-order valence-electron chi connectivity index (χ1n) is 13.4. The lowest BCUT2D eigenvalue weighted by atomic mass is 9.86. The number of amides is 1. The first kappa shape index (κ1) is 22.8. The van der Waals surface area contributed by atoms with E-state index in [0.29, 0.717) is 24.9 Å². The Morgan fingerprint density at radius 2 is 1.91 bits per heavy atom. The molecule has 1 aromatic carbocycles. The number of hydrogen-bond donors (Lipinski definition) is 1. The molecule has 1 aliphatic carbocycles. The van der Waals surface area contributed by atoms with Crippen LogP contribution in [-0.2, 0) is 20.8 Å². The number of anilines is 4. The van der Waals surface area contributed by atoms with Crippen molar-refractivity contribution in [1.29, 1.82) is 0 Å². The highest BCUT2D eigenvalue weighted by molar-refractivity contribution is 6.00. The normalized spacial score (nSPS) is 27.6. The van der Waals surface area contributed by atoms with Crippen molar-refractivity contribution in [1.82, 2.24) is 4.98 Å². The van der Waals surface area contributed by atoms with Gasteiger partial charge in [0.2, 0.25) is 5.91 Å². The molecule has 2 bridgehead atoms. The van der Waals surface area contributed by atoms with E-state index < -0.39 is 0 Å². The van der Waals surface area contributed by atoms with Gasteiger partial charge in [-0.05, 0) is 69.2 Å². The molecule has 7 heteroatoms. The summed E-state index contributed by atoms with van der Waals surface area (Å²) in [6, 6.07) is 10.5. The number of nitrogens with one attached hydrogen (secondary N) is 1. The van der Waals surface area contributed by atoms with Crippen molar-refractivity contribution >= 4 is 28.8 Å². The van der Waals surface area contributed by atoms with Gasteiger partial charge < -0.3 is 24.6 Å². The molecule has 1 saturated carbocycles. The molecule has 2 aromatic rings. The molecule has 0 radical (unpaired) electrons. The number of carbonyl (C=O) groups excluding carboxylic acids is 1. The Morgan fingerprint density at radius 3 is 2.69 bits per heavy atom. The van der Waals surface area contributed by atoms with Crippen LogP contribution >= 0.6 is 0 Å². The molecule has 2 unspecified atom stereocenters. The van der Waals surface area contributed by atoms with Crippen LogP contribution in [0.1, 0.15) is 57.4 Å². The zero-order valence-corrected chi connectivity index (χ0v) is 20.6. The smallest absolute Gasteiger partial charge is 0.230 e. The molecular formula is C28H36N4O3. The Balaban J connectivity index is 1.28. The van der Waals surface area contributed by atoms with Crippen molar-refractivity contribution in [2.24, 2.45) is 5.92 Å². The summed E-state index contributed by atoms with van der Waals surface area (Å²) in [6.45, 7) is 5.32. The molecule has 186 valence electrons.